The summed E-state index contributed by atoms with van der Waals surface area (Å²) < 4.78 is 4.92. The first-order valence-corrected chi connectivity index (χ1v) is 22.9. The predicted octanol–water partition coefficient (Wildman–Crippen LogP) is 13.8. The number of para-hydroxylation sites is 1. The van der Waals surface area contributed by atoms with Gasteiger partial charge in [-0.3, -0.25) is 5.32 Å². The molecule has 0 spiro atoms. The number of fused-ring (bicyclic) bond motifs is 12. The van der Waals surface area contributed by atoms with Crippen molar-refractivity contribution in [2.75, 3.05) is 0 Å². The van der Waals surface area contributed by atoms with Crippen LogP contribution in [-0.4, -0.2) is 15.0 Å². The quantitative estimate of drug-likeness (QED) is 0.167. The summed E-state index contributed by atoms with van der Waals surface area (Å²) in [4.78, 5) is 5.46. The Morgan fingerprint density at radius 2 is 1.00 bits per heavy atom. The first-order chi connectivity index (χ1) is 32.7. The van der Waals surface area contributed by atoms with Crippen LogP contribution in [0.25, 0.3) is 98.1 Å². The van der Waals surface area contributed by atoms with Crippen molar-refractivity contribution >= 4 is 92.5 Å². The number of nitrogens with zero attached hydrogens (tertiary/aromatic N) is 3. The number of aromatic nitrogens is 2. The minimum absolute atomic E-state index is 0.111. The van der Waals surface area contributed by atoms with Crippen molar-refractivity contribution < 1.29 is 5.32 Å². The average molecular weight is 845 g/mol. The zero-order valence-corrected chi connectivity index (χ0v) is 35.9. The lowest BCUT2D eigenvalue weighted by Crippen LogP contribution is -2.90. The molecule has 66 heavy (non-hydrogen) atoms. The van der Waals surface area contributed by atoms with E-state index >= 15 is 0 Å². The molecule has 3 N–H and O–H groups in total. The molecule has 5 nitrogen and oxygen atoms in total. The fraction of sp³-hybridized carbons (Fsp3) is 0.0328. The standard InChI is InChI=1S/C61H41N5/c1-2-16-39(17-3-1)59-62-60(64-61(63-59)53-35-42-20-7-8-23-46(42)48-25-10-11-26-49(48)53)43-21-14-22-44(33-43)66-55-32-30-45(37-52(55)51-34-40-18-4-5-19-41(40)36-57(51)66)65-54-28-13-12-27-50(54)58-47-24-9-6-15-38(47)29-31-56(58)65/h1-37,60-61,64H,(H,62,63)/p+1. The molecular weight excluding hydrogens is 803 g/mol. The van der Waals surface area contributed by atoms with Gasteiger partial charge in [0.05, 0.1) is 22.1 Å². The Kier molecular flexibility index (Phi) is 8.12. The van der Waals surface area contributed by atoms with Gasteiger partial charge in [0.2, 0.25) is 6.17 Å². The maximum atomic E-state index is 5.46. The Labute approximate surface area is 380 Å². The molecule has 0 bridgehead atoms. The van der Waals surface area contributed by atoms with E-state index in [1.807, 2.05) is 0 Å². The van der Waals surface area contributed by atoms with Crippen LogP contribution in [0.2, 0.25) is 0 Å². The number of amidine groups is 1. The highest BCUT2D eigenvalue weighted by atomic mass is 15.3. The minimum Gasteiger partial charge on any atom is -0.317 e. The van der Waals surface area contributed by atoms with Crippen LogP contribution in [0.1, 0.15) is 29.0 Å². The van der Waals surface area contributed by atoms with Crippen molar-refractivity contribution in [3.8, 4) is 11.4 Å². The van der Waals surface area contributed by atoms with E-state index in [2.05, 4.69) is 244 Å². The first kappa shape index (κ1) is 36.9. The van der Waals surface area contributed by atoms with E-state index in [1.54, 1.807) is 0 Å². The molecule has 5 heteroatoms. The van der Waals surface area contributed by atoms with Gasteiger partial charge in [0, 0.05) is 49.6 Å². The summed E-state index contributed by atoms with van der Waals surface area (Å²) >= 11 is 0. The van der Waals surface area contributed by atoms with Gasteiger partial charge in [0.15, 0.2) is 6.17 Å². The summed E-state index contributed by atoms with van der Waals surface area (Å²) in [7, 11) is 0. The zero-order chi connectivity index (χ0) is 43.3. The van der Waals surface area contributed by atoms with E-state index in [-0.39, 0.29) is 12.3 Å². The molecule has 13 aromatic rings. The van der Waals surface area contributed by atoms with Gasteiger partial charge >= 0.3 is 0 Å². The number of rotatable bonds is 5. The predicted molar refractivity (Wildman–Crippen MR) is 275 cm³/mol. The van der Waals surface area contributed by atoms with Crippen molar-refractivity contribution in [1.29, 1.82) is 0 Å². The lowest BCUT2D eigenvalue weighted by atomic mass is 9.95. The normalized spacial score (nSPS) is 15.4. The van der Waals surface area contributed by atoms with Crippen LogP contribution in [-0.2, 0) is 0 Å². The number of hydrogen-bond acceptors (Lipinski definition) is 2. The molecule has 310 valence electrons. The SMILES string of the molecule is c1ccc(C2=NC(c3cc4ccccc4c4ccccc34)[NH2+]C(c3cccc(-n4c5ccc(-n6c7ccccc7c7c8ccccc8ccc76)cc5c5cc6ccccc6cc54)c3)N2)cc1. The topological polar surface area (TPSA) is 50.9 Å². The summed E-state index contributed by atoms with van der Waals surface area (Å²) in [5.41, 5.74) is 10.5. The molecule has 0 saturated heterocycles. The largest absolute Gasteiger partial charge is 0.317 e. The minimum atomic E-state index is -0.179. The van der Waals surface area contributed by atoms with Crippen LogP contribution in [0, 0.1) is 0 Å². The Bertz CT molecular complexity index is 4140. The molecule has 2 atom stereocenters. The second-order valence-corrected chi connectivity index (χ2v) is 17.7. The molecule has 0 aliphatic carbocycles. The van der Waals surface area contributed by atoms with Gasteiger partial charge in [-0.15, -0.1) is 0 Å². The average Bonchev–Trinajstić information content (AvgIpc) is 3.90. The maximum Gasteiger partial charge on any atom is 0.210 e. The van der Waals surface area contributed by atoms with E-state index in [1.165, 1.54) is 97.8 Å². The lowest BCUT2D eigenvalue weighted by molar-refractivity contribution is -0.739. The molecule has 1 aliphatic rings. The number of quaternary nitrogens is 1. The molecule has 0 saturated carbocycles. The fourth-order valence-corrected chi connectivity index (χ4v) is 11.0. The molecule has 0 amide bonds. The lowest BCUT2D eigenvalue weighted by Gasteiger charge is -2.30. The van der Waals surface area contributed by atoms with Crippen LogP contribution < -0.4 is 10.6 Å². The molecule has 11 aromatic carbocycles. The van der Waals surface area contributed by atoms with Crippen LogP contribution in [0.5, 0.6) is 0 Å². The third-order valence-electron chi connectivity index (χ3n) is 14.0. The van der Waals surface area contributed by atoms with E-state index in [0.29, 0.717) is 0 Å². The summed E-state index contributed by atoms with van der Waals surface area (Å²) in [5, 5.41) is 21.2. The van der Waals surface area contributed by atoms with E-state index in [4.69, 9.17) is 4.99 Å². The van der Waals surface area contributed by atoms with Crippen molar-refractivity contribution in [2.24, 2.45) is 4.99 Å². The van der Waals surface area contributed by atoms with E-state index in [0.717, 1.165) is 22.8 Å². The molecule has 2 unspecified atom stereocenters. The zero-order valence-electron chi connectivity index (χ0n) is 35.9. The Morgan fingerprint density at radius 1 is 0.379 bits per heavy atom. The summed E-state index contributed by atoms with van der Waals surface area (Å²) in [6, 6.07) is 82.2. The second kappa shape index (κ2) is 14.5. The van der Waals surface area contributed by atoms with Crippen molar-refractivity contribution in [3.63, 3.8) is 0 Å². The third kappa shape index (κ3) is 5.67. The van der Waals surface area contributed by atoms with Gasteiger partial charge in [0.25, 0.3) is 0 Å². The fourth-order valence-electron chi connectivity index (χ4n) is 11.0. The maximum absolute atomic E-state index is 5.46. The molecule has 1 aliphatic heterocycles. The molecule has 3 heterocycles. The smallest absolute Gasteiger partial charge is 0.210 e. The highest BCUT2D eigenvalue weighted by Gasteiger charge is 2.31. The number of aliphatic imine (C=N–C) groups is 1. The van der Waals surface area contributed by atoms with Gasteiger partial charge < -0.3 is 14.5 Å². The Balaban J connectivity index is 0.945. The van der Waals surface area contributed by atoms with Crippen LogP contribution in [0.3, 0.4) is 0 Å². The van der Waals surface area contributed by atoms with Gasteiger partial charge in [-0.25, -0.2) is 4.99 Å². The number of nitrogens with one attached hydrogen (secondary N) is 1. The summed E-state index contributed by atoms with van der Waals surface area (Å²) in [6.07, 6.45) is -0.290. The number of hydrogen-bond donors (Lipinski definition) is 2. The third-order valence-corrected chi connectivity index (χ3v) is 14.0. The highest BCUT2D eigenvalue weighted by molar-refractivity contribution is 6.22. The summed E-state index contributed by atoms with van der Waals surface area (Å²) in [6.45, 7) is 0. The van der Waals surface area contributed by atoms with Crippen LogP contribution in [0.4, 0.5) is 0 Å². The Hall–Kier alpha value is -8.51. The molecular formula is C61H42N5+. The van der Waals surface area contributed by atoms with E-state index < -0.39 is 0 Å². The first-order valence-electron chi connectivity index (χ1n) is 22.9. The van der Waals surface area contributed by atoms with Gasteiger partial charge in [0.1, 0.15) is 5.84 Å². The van der Waals surface area contributed by atoms with Crippen molar-refractivity contribution in [1.82, 2.24) is 14.5 Å². The van der Waals surface area contributed by atoms with Gasteiger partial charge in [-0.1, -0.05) is 164 Å². The number of benzene rings is 11. The highest BCUT2D eigenvalue weighted by Crippen LogP contribution is 2.41. The van der Waals surface area contributed by atoms with Crippen LogP contribution in [0.15, 0.2) is 229 Å². The second-order valence-electron chi connectivity index (χ2n) is 17.7. The van der Waals surface area contributed by atoms with Crippen molar-refractivity contribution in [2.45, 2.75) is 12.3 Å². The van der Waals surface area contributed by atoms with E-state index in [9.17, 15) is 0 Å². The summed E-state index contributed by atoms with van der Waals surface area (Å²) in [5.74, 6) is 0.893. The molecule has 0 fully saturated rings. The Morgan fingerprint density at radius 3 is 1.85 bits per heavy atom. The monoisotopic (exact) mass is 844 g/mol. The molecule has 0 radical (unpaired) electrons. The molecule has 2 aromatic heterocycles. The number of nitrogens with two attached hydrogens (primary N) is 1. The molecule has 14 rings (SSSR count). The van der Waals surface area contributed by atoms with Gasteiger partial charge in [-0.05, 0) is 104 Å². The van der Waals surface area contributed by atoms with Crippen molar-refractivity contribution in [3.05, 3.63) is 241 Å². The van der Waals surface area contributed by atoms with Gasteiger partial charge in [-0.2, -0.15) is 0 Å². The van der Waals surface area contributed by atoms with Crippen LogP contribution >= 0.6 is 0 Å².